The number of para-hydroxylation sites is 1. The van der Waals surface area contributed by atoms with E-state index in [9.17, 15) is 0 Å². The summed E-state index contributed by atoms with van der Waals surface area (Å²) in [5.74, 6) is 3.03. The van der Waals surface area contributed by atoms with Crippen molar-refractivity contribution >= 4 is 43.7 Å². The molecule has 11 rings (SSSR count). The van der Waals surface area contributed by atoms with Gasteiger partial charge in [0.2, 0.25) is 0 Å². The summed E-state index contributed by atoms with van der Waals surface area (Å²) in [5.41, 5.74) is 8.89. The number of nitrogens with zero attached hydrogens (tertiary/aromatic N) is 4. The molecule has 240 valence electrons. The molecule has 3 aromatic heterocycles. The van der Waals surface area contributed by atoms with E-state index in [4.69, 9.17) is 24.1 Å². The molecule has 6 aromatic carbocycles. The molecule has 0 radical (unpaired) electrons. The van der Waals surface area contributed by atoms with Crippen LogP contribution in [0.4, 0.5) is 0 Å². The molecule has 1 aliphatic heterocycles. The second kappa shape index (κ2) is 10.9. The topological polar surface area (TPSA) is 66.0 Å². The van der Waals surface area contributed by atoms with Crippen LogP contribution in [-0.2, 0) is 0 Å². The van der Waals surface area contributed by atoms with Gasteiger partial charge in [-0.25, -0.2) is 15.0 Å². The highest BCUT2D eigenvalue weighted by Gasteiger charge is 2.33. The summed E-state index contributed by atoms with van der Waals surface area (Å²) in [7, 11) is 0. The predicted octanol–water partition coefficient (Wildman–Crippen LogP) is 10.8. The molecular weight excluding hydrogens is 629 g/mol. The minimum atomic E-state index is 0.0420. The minimum absolute atomic E-state index is 0.0420. The van der Waals surface area contributed by atoms with Crippen LogP contribution in [0.25, 0.3) is 83.6 Å². The number of rotatable bonds is 4. The molecule has 0 saturated carbocycles. The Morgan fingerprint density at radius 2 is 1.14 bits per heavy atom. The molecule has 2 atom stereocenters. The van der Waals surface area contributed by atoms with E-state index in [2.05, 4.69) is 95.6 Å². The van der Waals surface area contributed by atoms with Crippen molar-refractivity contribution in [1.82, 2.24) is 19.5 Å². The molecule has 4 heterocycles. The van der Waals surface area contributed by atoms with E-state index in [0.29, 0.717) is 17.5 Å². The van der Waals surface area contributed by atoms with Crippen LogP contribution >= 0.6 is 0 Å². The summed E-state index contributed by atoms with van der Waals surface area (Å²) < 4.78 is 15.4. The number of benzene rings is 6. The van der Waals surface area contributed by atoms with E-state index in [1.54, 1.807) is 0 Å². The van der Waals surface area contributed by atoms with Gasteiger partial charge in [0.15, 0.2) is 17.5 Å². The van der Waals surface area contributed by atoms with Crippen LogP contribution in [-0.4, -0.2) is 25.6 Å². The number of furan rings is 1. The number of aromatic nitrogens is 4. The highest BCUT2D eigenvalue weighted by atomic mass is 16.5. The largest absolute Gasteiger partial charge is 0.485 e. The molecule has 2 aliphatic rings. The minimum Gasteiger partial charge on any atom is -0.485 e. The highest BCUT2D eigenvalue weighted by Crippen LogP contribution is 2.46. The summed E-state index contributed by atoms with van der Waals surface area (Å²) >= 11 is 0. The normalized spacial score (nSPS) is 16.2. The van der Waals surface area contributed by atoms with Gasteiger partial charge >= 0.3 is 0 Å². The van der Waals surface area contributed by atoms with E-state index in [-0.39, 0.29) is 12.0 Å². The van der Waals surface area contributed by atoms with Crippen molar-refractivity contribution in [2.45, 2.75) is 12.0 Å². The van der Waals surface area contributed by atoms with Crippen LogP contribution in [0, 0.1) is 0 Å². The van der Waals surface area contributed by atoms with E-state index < -0.39 is 0 Å². The molecule has 51 heavy (non-hydrogen) atoms. The quantitative estimate of drug-likeness (QED) is 0.189. The third kappa shape index (κ3) is 4.40. The molecule has 0 N–H and O–H groups in total. The van der Waals surface area contributed by atoms with Crippen LogP contribution in [0.3, 0.4) is 0 Å². The zero-order chi connectivity index (χ0) is 33.5. The predicted molar refractivity (Wildman–Crippen MR) is 203 cm³/mol. The molecule has 6 nitrogen and oxygen atoms in total. The zero-order valence-electron chi connectivity index (χ0n) is 27.3. The van der Waals surface area contributed by atoms with Gasteiger partial charge in [0.05, 0.1) is 11.0 Å². The van der Waals surface area contributed by atoms with Crippen molar-refractivity contribution in [1.29, 1.82) is 0 Å². The Kier molecular flexibility index (Phi) is 5.98. The molecule has 0 saturated heterocycles. The first-order valence-electron chi connectivity index (χ1n) is 17.2. The lowest BCUT2D eigenvalue weighted by molar-refractivity contribution is 0.269. The van der Waals surface area contributed by atoms with Crippen LogP contribution in [0.15, 0.2) is 162 Å². The molecule has 1 aliphatic carbocycles. The molecule has 9 aromatic rings. The number of fused-ring (bicyclic) bond motifs is 9. The summed E-state index contributed by atoms with van der Waals surface area (Å²) in [6.45, 7) is 0. The second-order valence-electron chi connectivity index (χ2n) is 13.2. The maximum absolute atomic E-state index is 6.63. The highest BCUT2D eigenvalue weighted by molar-refractivity contribution is 6.11. The van der Waals surface area contributed by atoms with Gasteiger partial charge in [-0.05, 0) is 48.5 Å². The van der Waals surface area contributed by atoms with Crippen LogP contribution in [0.1, 0.15) is 11.5 Å². The van der Waals surface area contributed by atoms with E-state index in [1.165, 1.54) is 16.3 Å². The van der Waals surface area contributed by atoms with Crippen molar-refractivity contribution in [2.75, 3.05) is 0 Å². The van der Waals surface area contributed by atoms with Crippen LogP contribution in [0.5, 0.6) is 5.75 Å². The summed E-state index contributed by atoms with van der Waals surface area (Å²) in [4.78, 5) is 14.7. The van der Waals surface area contributed by atoms with Crippen molar-refractivity contribution in [2.24, 2.45) is 0 Å². The van der Waals surface area contributed by atoms with Gasteiger partial charge in [-0.3, -0.25) is 0 Å². The van der Waals surface area contributed by atoms with Crippen molar-refractivity contribution < 1.29 is 9.15 Å². The Labute approximate surface area is 292 Å². The lowest BCUT2D eigenvalue weighted by Gasteiger charge is -2.14. The maximum atomic E-state index is 6.63. The van der Waals surface area contributed by atoms with Gasteiger partial charge < -0.3 is 13.7 Å². The van der Waals surface area contributed by atoms with Gasteiger partial charge in [0, 0.05) is 61.5 Å². The van der Waals surface area contributed by atoms with Crippen LogP contribution in [0.2, 0.25) is 0 Å². The Morgan fingerprint density at radius 1 is 0.490 bits per heavy atom. The number of allylic oxidation sites excluding steroid dienone is 2. The first-order chi connectivity index (χ1) is 25.2. The zero-order valence-corrected chi connectivity index (χ0v) is 27.3. The SMILES string of the molecule is C1=CC2Oc3cc4c5ccccc5n(-c5ccc6c(c5)oc5cc(-c7nc(-c8ccccc8)nc(-c8ccccc8)n7)ccc56)c4cc3C2C=C1. The third-order valence-corrected chi connectivity index (χ3v) is 10.2. The molecule has 0 spiro atoms. The van der Waals surface area contributed by atoms with Gasteiger partial charge in [-0.15, -0.1) is 0 Å². The average Bonchev–Trinajstić information content (AvgIpc) is 3.85. The maximum Gasteiger partial charge on any atom is 0.164 e. The molecule has 6 heteroatoms. The van der Waals surface area contributed by atoms with Gasteiger partial charge in [-0.2, -0.15) is 0 Å². The molecule has 0 bridgehead atoms. The number of ether oxygens (including phenoxy) is 1. The lowest BCUT2D eigenvalue weighted by atomic mass is 9.91. The standard InChI is InChI=1S/C45H28N4O2/c1-3-11-27(12-4-1)43-46-44(28-13-5-2-6-14-28)48-45(47-43)29-19-21-33-34-22-20-30(24-41(34)51-40(33)23-29)49-37-17-9-7-15-31(37)35-26-42-36(25-38(35)49)32-16-8-10-18-39(32)50-42/h1-26,32,39H. The Bertz CT molecular complexity index is 2850. The first-order valence-corrected chi connectivity index (χ1v) is 17.2. The Morgan fingerprint density at radius 3 is 1.90 bits per heavy atom. The molecule has 0 amide bonds. The van der Waals surface area contributed by atoms with Crippen molar-refractivity contribution in [3.8, 4) is 45.6 Å². The first kappa shape index (κ1) is 28.1. The lowest BCUT2D eigenvalue weighted by Crippen LogP contribution is -2.15. The Hall–Kier alpha value is -6.79. The van der Waals surface area contributed by atoms with Gasteiger partial charge in [-0.1, -0.05) is 103 Å². The molecular formula is C45H28N4O2. The van der Waals surface area contributed by atoms with Crippen molar-refractivity contribution in [3.63, 3.8) is 0 Å². The monoisotopic (exact) mass is 656 g/mol. The fourth-order valence-corrected chi connectivity index (χ4v) is 7.76. The van der Waals surface area contributed by atoms with E-state index in [1.807, 2.05) is 66.7 Å². The average molecular weight is 657 g/mol. The summed E-state index contributed by atoms with van der Waals surface area (Å²) in [6.07, 6.45) is 8.62. The third-order valence-electron chi connectivity index (χ3n) is 10.2. The smallest absolute Gasteiger partial charge is 0.164 e. The molecule has 0 fully saturated rings. The number of hydrogen-bond donors (Lipinski definition) is 0. The fraction of sp³-hybridized carbons (Fsp3) is 0.0444. The van der Waals surface area contributed by atoms with Gasteiger partial charge in [0.25, 0.3) is 0 Å². The Balaban J connectivity index is 1.05. The van der Waals surface area contributed by atoms with E-state index >= 15 is 0 Å². The summed E-state index contributed by atoms with van der Waals surface area (Å²) in [5, 5.41) is 4.47. The van der Waals surface area contributed by atoms with Gasteiger partial charge in [0.1, 0.15) is 23.0 Å². The van der Waals surface area contributed by atoms with Crippen LogP contribution < -0.4 is 4.74 Å². The molecule has 2 unspecified atom stereocenters. The van der Waals surface area contributed by atoms with E-state index in [0.717, 1.165) is 61.1 Å². The fourth-order valence-electron chi connectivity index (χ4n) is 7.76. The summed E-state index contributed by atoms with van der Waals surface area (Å²) in [6, 6.07) is 45.9. The number of hydrogen-bond acceptors (Lipinski definition) is 5. The van der Waals surface area contributed by atoms with Crippen molar-refractivity contribution in [3.05, 3.63) is 163 Å². The second-order valence-corrected chi connectivity index (χ2v) is 13.2.